The molecule has 0 saturated heterocycles. The molecule has 0 aromatic heterocycles. The van der Waals surface area contributed by atoms with Crippen molar-refractivity contribution in [3.8, 4) is 6.07 Å². The van der Waals surface area contributed by atoms with Gasteiger partial charge in [0.2, 0.25) is 0 Å². The van der Waals surface area contributed by atoms with Crippen LogP contribution < -0.4 is 4.90 Å². The van der Waals surface area contributed by atoms with E-state index in [1.54, 1.807) is 20.0 Å². The lowest BCUT2D eigenvalue weighted by molar-refractivity contribution is -0.385. The zero-order valence-corrected chi connectivity index (χ0v) is 10.4. The van der Waals surface area contributed by atoms with Crippen molar-refractivity contribution in [1.82, 2.24) is 0 Å². The van der Waals surface area contributed by atoms with Crippen LogP contribution in [0.5, 0.6) is 0 Å². The van der Waals surface area contributed by atoms with Crippen molar-refractivity contribution in [3.05, 3.63) is 32.8 Å². The number of nitro benzene ring substituents is 1. The minimum atomic E-state index is -0.458. The molecule has 5 nitrogen and oxygen atoms in total. The second-order valence-electron chi connectivity index (χ2n) is 3.68. The zero-order valence-electron chi connectivity index (χ0n) is 9.61. The van der Waals surface area contributed by atoms with Crippen LogP contribution in [0.4, 0.5) is 11.4 Å². The predicted molar refractivity (Wildman–Crippen MR) is 66.3 cm³/mol. The van der Waals surface area contributed by atoms with Crippen molar-refractivity contribution in [2.24, 2.45) is 0 Å². The third-order valence-corrected chi connectivity index (χ3v) is 2.74. The number of anilines is 1. The first-order chi connectivity index (χ1) is 7.97. The molecule has 1 aromatic rings. The van der Waals surface area contributed by atoms with E-state index in [1.807, 2.05) is 11.0 Å². The smallest absolute Gasteiger partial charge is 0.273 e. The number of hydrogen-bond acceptors (Lipinski definition) is 4. The molecule has 90 valence electrons. The Morgan fingerprint density at radius 2 is 2.24 bits per heavy atom. The average Bonchev–Trinajstić information content (AvgIpc) is 2.28. The van der Waals surface area contributed by atoms with E-state index >= 15 is 0 Å². The molecule has 0 unspecified atom stereocenters. The predicted octanol–water partition coefficient (Wildman–Crippen LogP) is 2.91. The summed E-state index contributed by atoms with van der Waals surface area (Å²) in [5.41, 5.74) is 1.26. The maximum absolute atomic E-state index is 10.7. The van der Waals surface area contributed by atoms with Gasteiger partial charge in [-0.25, -0.2) is 0 Å². The van der Waals surface area contributed by atoms with Crippen molar-refractivity contribution in [2.75, 3.05) is 18.5 Å². The molecule has 0 heterocycles. The third-order valence-electron chi connectivity index (χ3n) is 2.43. The first-order valence-electron chi connectivity index (χ1n) is 5.00. The highest BCUT2D eigenvalue weighted by Gasteiger charge is 2.16. The number of nitro groups is 1. The molecule has 1 aromatic carbocycles. The highest BCUT2D eigenvalue weighted by molar-refractivity contribution is 6.33. The summed E-state index contributed by atoms with van der Waals surface area (Å²) < 4.78 is 0. The number of nitrogens with zero attached hydrogens (tertiary/aromatic N) is 3. The van der Waals surface area contributed by atoms with Gasteiger partial charge in [0.1, 0.15) is 0 Å². The molecular weight excluding hydrogens is 242 g/mol. The molecule has 0 fully saturated rings. The lowest BCUT2D eigenvalue weighted by Crippen LogP contribution is -2.18. The number of benzene rings is 1. The molecule has 0 spiro atoms. The molecule has 1 rings (SSSR count). The fourth-order valence-corrected chi connectivity index (χ4v) is 1.79. The summed E-state index contributed by atoms with van der Waals surface area (Å²) >= 11 is 5.99. The number of halogens is 1. The maximum atomic E-state index is 10.7. The van der Waals surface area contributed by atoms with Crippen LogP contribution in [0.25, 0.3) is 0 Å². The molecule has 0 bridgehead atoms. The summed E-state index contributed by atoms with van der Waals surface area (Å²) in [7, 11) is 1.80. The van der Waals surface area contributed by atoms with Crippen LogP contribution in [0.15, 0.2) is 12.1 Å². The van der Waals surface area contributed by atoms with Crippen LogP contribution in [0.1, 0.15) is 12.0 Å². The van der Waals surface area contributed by atoms with E-state index in [0.29, 0.717) is 29.2 Å². The molecule has 0 atom stereocenters. The first-order valence-corrected chi connectivity index (χ1v) is 5.37. The van der Waals surface area contributed by atoms with Gasteiger partial charge in [-0.05, 0) is 13.0 Å². The van der Waals surface area contributed by atoms with Crippen molar-refractivity contribution in [1.29, 1.82) is 5.26 Å². The molecule has 0 radical (unpaired) electrons. The molecule has 0 aliphatic heterocycles. The van der Waals surface area contributed by atoms with E-state index in [2.05, 4.69) is 0 Å². The van der Waals surface area contributed by atoms with E-state index < -0.39 is 4.92 Å². The van der Waals surface area contributed by atoms with Gasteiger partial charge in [0.15, 0.2) is 0 Å². The van der Waals surface area contributed by atoms with Gasteiger partial charge < -0.3 is 4.90 Å². The summed E-state index contributed by atoms with van der Waals surface area (Å²) in [6.45, 7) is 2.20. The summed E-state index contributed by atoms with van der Waals surface area (Å²) in [4.78, 5) is 12.1. The Bertz CT molecular complexity index is 482. The largest absolute Gasteiger partial charge is 0.372 e. The zero-order chi connectivity index (χ0) is 13.0. The SMILES string of the molecule is Cc1cc(N(C)CCC#N)c(Cl)cc1[N+](=O)[O-]. The van der Waals surface area contributed by atoms with Crippen LogP contribution in [-0.4, -0.2) is 18.5 Å². The van der Waals surface area contributed by atoms with Crippen molar-refractivity contribution in [3.63, 3.8) is 0 Å². The van der Waals surface area contributed by atoms with Crippen LogP contribution >= 0.6 is 11.6 Å². The van der Waals surface area contributed by atoms with Crippen LogP contribution in [-0.2, 0) is 0 Å². The summed E-state index contributed by atoms with van der Waals surface area (Å²) in [6, 6.07) is 5.05. The second kappa shape index (κ2) is 5.51. The quantitative estimate of drug-likeness (QED) is 0.611. The van der Waals surface area contributed by atoms with E-state index in [0.717, 1.165) is 0 Å². The molecule has 0 amide bonds. The molecule has 0 aliphatic carbocycles. The monoisotopic (exact) mass is 253 g/mol. The lowest BCUT2D eigenvalue weighted by atomic mass is 10.1. The molecule has 6 heteroatoms. The Kier molecular flexibility index (Phi) is 4.30. The van der Waals surface area contributed by atoms with Gasteiger partial charge in [-0.1, -0.05) is 11.6 Å². The fraction of sp³-hybridized carbons (Fsp3) is 0.364. The van der Waals surface area contributed by atoms with E-state index in [4.69, 9.17) is 16.9 Å². The molecular formula is C11H12ClN3O2. The minimum absolute atomic E-state index is 0.00688. The Morgan fingerprint density at radius 3 is 2.76 bits per heavy atom. The van der Waals surface area contributed by atoms with Gasteiger partial charge in [0.25, 0.3) is 5.69 Å². The van der Waals surface area contributed by atoms with Crippen LogP contribution in [0.2, 0.25) is 5.02 Å². The second-order valence-corrected chi connectivity index (χ2v) is 4.08. The van der Waals surface area contributed by atoms with Crippen molar-refractivity contribution in [2.45, 2.75) is 13.3 Å². The van der Waals surface area contributed by atoms with Crippen LogP contribution in [0, 0.1) is 28.4 Å². The van der Waals surface area contributed by atoms with Gasteiger partial charge >= 0.3 is 0 Å². The highest BCUT2D eigenvalue weighted by atomic mass is 35.5. The molecule has 17 heavy (non-hydrogen) atoms. The standard InChI is InChI=1S/C11H12ClN3O2/c1-8-6-11(14(2)5-3-4-13)9(12)7-10(8)15(16)17/h6-7H,3,5H2,1-2H3. The Labute approximate surface area is 104 Å². The third kappa shape index (κ3) is 3.08. The summed E-state index contributed by atoms with van der Waals surface area (Å²) in [6.07, 6.45) is 0.378. The van der Waals surface area contributed by atoms with E-state index in [9.17, 15) is 10.1 Å². The molecule has 0 aliphatic rings. The lowest BCUT2D eigenvalue weighted by Gasteiger charge is -2.19. The van der Waals surface area contributed by atoms with Gasteiger partial charge in [0.05, 0.1) is 28.1 Å². The first kappa shape index (κ1) is 13.3. The van der Waals surface area contributed by atoms with Crippen molar-refractivity contribution < 1.29 is 4.92 Å². The Hall–Kier alpha value is -1.80. The van der Waals surface area contributed by atoms with Gasteiger partial charge in [-0.15, -0.1) is 0 Å². The fourth-order valence-electron chi connectivity index (χ4n) is 1.48. The molecule has 0 N–H and O–H groups in total. The van der Waals surface area contributed by atoms with Crippen molar-refractivity contribution >= 4 is 23.0 Å². The van der Waals surface area contributed by atoms with Crippen LogP contribution in [0.3, 0.4) is 0 Å². The molecule has 0 saturated carbocycles. The van der Waals surface area contributed by atoms with Gasteiger partial charge in [0, 0.05) is 25.2 Å². The summed E-state index contributed by atoms with van der Waals surface area (Å²) in [5, 5.41) is 19.5. The number of rotatable bonds is 4. The number of nitriles is 1. The Morgan fingerprint density at radius 1 is 1.59 bits per heavy atom. The maximum Gasteiger partial charge on any atom is 0.273 e. The van der Waals surface area contributed by atoms with E-state index in [1.165, 1.54) is 6.07 Å². The minimum Gasteiger partial charge on any atom is -0.372 e. The summed E-state index contributed by atoms with van der Waals surface area (Å²) in [5.74, 6) is 0. The number of hydrogen-bond donors (Lipinski definition) is 0. The van der Waals surface area contributed by atoms with Gasteiger partial charge in [-0.3, -0.25) is 10.1 Å². The topological polar surface area (TPSA) is 70.2 Å². The Balaban J connectivity index is 3.07. The van der Waals surface area contributed by atoms with Gasteiger partial charge in [-0.2, -0.15) is 5.26 Å². The number of aryl methyl sites for hydroxylation is 1. The highest BCUT2D eigenvalue weighted by Crippen LogP contribution is 2.32. The van der Waals surface area contributed by atoms with E-state index in [-0.39, 0.29) is 5.69 Å². The average molecular weight is 254 g/mol. The normalized spacial score (nSPS) is 9.76.